The maximum Gasteiger partial charge on any atom is 0.330 e. The number of hydrogen-bond acceptors (Lipinski definition) is 7. The fourth-order valence-corrected chi connectivity index (χ4v) is 3.70. The summed E-state index contributed by atoms with van der Waals surface area (Å²) >= 11 is 0. The molecule has 0 radical (unpaired) electrons. The van der Waals surface area contributed by atoms with Crippen molar-refractivity contribution in [3.8, 4) is 23.0 Å². The number of amides is 1. The molecule has 9 heteroatoms. The highest BCUT2D eigenvalue weighted by molar-refractivity contribution is 6.14. The molecule has 3 aromatic rings. The van der Waals surface area contributed by atoms with E-state index in [1.54, 1.807) is 66.7 Å². The van der Waals surface area contributed by atoms with Gasteiger partial charge in [-0.1, -0.05) is 36.4 Å². The largest absolute Gasteiger partial charge is 0.484 e. The molecule has 0 spiro atoms. The Kier molecular flexibility index (Phi) is 5.80. The van der Waals surface area contributed by atoms with Crippen LogP contribution in [0.3, 0.4) is 0 Å². The summed E-state index contributed by atoms with van der Waals surface area (Å²) in [6.45, 7) is -0.260. The monoisotopic (exact) mass is 473 g/mol. The summed E-state index contributed by atoms with van der Waals surface area (Å²) in [6, 6.07) is 17.1. The van der Waals surface area contributed by atoms with Gasteiger partial charge in [0.05, 0.1) is 5.56 Å². The molecule has 0 bridgehead atoms. The Balaban J connectivity index is 1.24. The number of carbonyl (C=O) groups excluding carboxylic acids is 2. The highest BCUT2D eigenvalue weighted by atomic mass is 16.7. The molecule has 1 unspecified atom stereocenters. The first-order chi connectivity index (χ1) is 17.0. The van der Waals surface area contributed by atoms with Crippen LogP contribution in [0.5, 0.6) is 23.0 Å². The van der Waals surface area contributed by atoms with Crippen LogP contribution >= 0.6 is 0 Å². The van der Waals surface area contributed by atoms with Gasteiger partial charge in [-0.15, -0.1) is 0 Å². The normalized spacial score (nSPS) is 15.3. The molecular weight excluding hydrogens is 454 g/mol. The number of carboxylic acids is 1. The summed E-state index contributed by atoms with van der Waals surface area (Å²) < 4.78 is 21.9. The van der Waals surface area contributed by atoms with Crippen LogP contribution in [0, 0.1) is 0 Å². The van der Waals surface area contributed by atoms with Crippen LogP contribution in [-0.4, -0.2) is 36.2 Å². The molecule has 176 valence electrons. The molecule has 2 N–H and O–H groups in total. The number of nitrogens with one attached hydrogen (secondary N) is 1. The van der Waals surface area contributed by atoms with E-state index >= 15 is 0 Å². The number of carbonyl (C=O) groups is 3. The van der Waals surface area contributed by atoms with Gasteiger partial charge in [-0.2, -0.15) is 0 Å². The second kappa shape index (κ2) is 9.22. The molecule has 0 aliphatic carbocycles. The zero-order valence-electron chi connectivity index (χ0n) is 18.2. The van der Waals surface area contributed by atoms with E-state index in [-0.39, 0.29) is 18.3 Å². The average molecular weight is 473 g/mol. The number of fused-ring (bicyclic) bond motifs is 2. The summed E-state index contributed by atoms with van der Waals surface area (Å²) in [4.78, 5) is 36.6. The third-order valence-electron chi connectivity index (χ3n) is 5.39. The predicted molar refractivity (Wildman–Crippen MR) is 122 cm³/mol. The Morgan fingerprint density at radius 2 is 1.80 bits per heavy atom. The van der Waals surface area contributed by atoms with Crippen LogP contribution in [0.4, 0.5) is 0 Å². The standard InChI is InChI=1S/C26H19NO8/c28-23(27-24(26(30)31)16-4-2-1-3-5-16)13-32-17-7-8-18-20(12-17)35-22(25(18)29)11-15-6-9-19-21(10-15)34-14-33-19/h1-12,24H,13-14H2,(H,27,28)(H,30,31). The van der Waals surface area contributed by atoms with Crippen LogP contribution in [-0.2, 0) is 9.59 Å². The van der Waals surface area contributed by atoms with Crippen LogP contribution in [0.2, 0.25) is 0 Å². The lowest BCUT2D eigenvalue weighted by molar-refractivity contribution is -0.142. The van der Waals surface area contributed by atoms with Crippen LogP contribution in [0.25, 0.3) is 6.08 Å². The van der Waals surface area contributed by atoms with Crippen molar-refractivity contribution in [1.29, 1.82) is 0 Å². The summed E-state index contributed by atoms with van der Waals surface area (Å²) in [5.74, 6) is -0.116. The van der Waals surface area contributed by atoms with Crippen LogP contribution < -0.4 is 24.3 Å². The maximum atomic E-state index is 12.7. The number of rotatable bonds is 7. The third kappa shape index (κ3) is 4.65. The van der Waals surface area contributed by atoms with E-state index in [0.717, 1.165) is 0 Å². The number of ether oxygens (including phenoxy) is 4. The van der Waals surface area contributed by atoms with Crippen molar-refractivity contribution < 1.29 is 38.4 Å². The Bertz CT molecular complexity index is 1350. The highest BCUT2D eigenvalue weighted by Crippen LogP contribution is 2.37. The minimum atomic E-state index is -1.20. The summed E-state index contributed by atoms with van der Waals surface area (Å²) in [6.07, 6.45) is 1.61. The topological polar surface area (TPSA) is 120 Å². The van der Waals surface area contributed by atoms with Gasteiger partial charge in [-0.25, -0.2) is 4.79 Å². The summed E-state index contributed by atoms with van der Waals surface area (Å²) in [7, 11) is 0. The predicted octanol–water partition coefficient (Wildman–Crippen LogP) is 3.35. The van der Waals surface area contributed by atoms with Gasteiger partial charge >= 0.3 is 5.97 Å². The maximum absolute atomic E-state index is 12.7. The minimum absolute atomic E-state index is 0.140. The lowest BCUT2D eigenvalue weighted by Gasteiger charge is -2.15. The smallest absolute Gasteiger partial charge is 0.330 e. The second-order valence-electron chi connectivity index (χ2n) is 7.75. The fraction of sp³-hybridized carbons (Fsp3) is 0.115. The molecule has 2 aliphatic rings. The average Bonchev–Trinajstić information content (AvgIpc) is 3.45. The summed E-state index contributed by atoms with van der Waals surface area (Å²) in [5.41, 5.74) is 1.52. The van der Waals surface area contributed by atoms with Crippen LogP contribution in [0.1, 0.15) is 27.5 Å². The van der Waals surface area contributed by atoms with Crippen molar-refractivity contribution in [2.45, 2.75) is 6.04 Å². The molecule has 0 fully saturated rings. The van der Waals surface area contributed by atoms with Gasteiger partial charge in [0.1, 0.15) is 11.5 Å². The van der Waals surface area contributed by atoms with E-state index in [4.69, 9.17) is 18.9 Å². The number of Topliss-reactive ketones (excluding diaryl/α,β-unsaturated/α-hetero) is 1. The van der Waals surface area contributed by atoms with Gasteiger partial charge in [0, 0.05) is 6.07 Å². The number of carboxylic acid groups (broad SMARTS) is 1. The Hall–Kier alpha value is -4.79. The van der Waals surface area contributed by atoms with E-state index in [1.807, 2.05) is 0 Å². The number of ketones is 1. The molecule has 0 saturated heterocycles. The molecule has 9 nitrogen and oxygen atoms in total. The number of benzene rings is 3. The van der Waals surface area contributed by atoms with Crippen molar-refractivity contribution in [3.05, 3.63) is 89.2 Å². The van der Waals surface area contributed by atoms with Gasteiger partial charge in [0.15, 0.2) is 29.9 Å². The lowest BCUT2D eigenvalue weighted by atomic mass is 10.1. The Labute approximate surface area is 199 Å². The van der Waals surface area contributed by atoms with Gasteiger partial charge in [0.2, 0.25) is 12.6 Å². The Morgan fingerprint density at radius 1 is 1.00 bits per heavy atom. The number of allylic oxidation sites excluding steroid dienone is 1. The van der Waals surface area contributed by atoms with Gasteiger partial charge in [-0.05, 0) is 41.5 Å². The first kappa shape index (κ1) is 22.0. The highest BCUT2D eigenvalue weighted by Gasteiger charge is 2.28. The zero-order chi connectivity index (χ0) is 24.4. The molecule has 0 aromatic heterocycles. The number of hydrogen-bond donors (Lipinski definition) is 2. The van der Waals surface area contributed by atoms with Crippen LogP contribution in [0.15, 0.2) is 72.5 Å². The van der Waals surface area contributed by atoms with E-state index < -0.39 is 24.5 Å². The quantitative estimate of drug-likeness (QED) is 0.502. The van der Waals surface area contributed by atoms with E-state index in [9.17, 15) is 19.5 Å². The molecule has 1 amide bonds. The van der Waals surface area contributed by atoms with Gasteiger partial charge in [0.25, 0.3) is 5.91 Å². The fourth-order valence-electron chi connectivity index (χ4n) is 3.70. The zero-order valence-corrected chi connectivity index (χ0v) is 18.2. The molecule has 35 heavy (non-hydrogen) atoms. The van der Waals surface area contributed by atoms with E-state index in [0.29, 0.717) is 39.7 Å². The first-order valence-corrected chi connectivity index (χ1v) is 10.7. The van der Waals surface area contributed by atoms with Crippen molar-refractivity contribution in [3.63, 3.8) is 0 Å². The number of aliphatic carboxylic acids is 1. The second-order valence-corrected chi connectivity index (χ2v) is 7.75. The van der Waals surface area contributed by atoms with Crippen molar-refractivity contribution in [2.24, 2.45) is 0 Å². The molecule has 5 rings (SSSR count). The SMILES string of the molecule is O=C(COc1ccc2c(c1)OC(=Cc1ccc3c(c1)OCO3)C2=O)NC(C(=O)O)c1ccccc1. The molecule has 2 heterocycles. The van der Waals surface area contributed by atoms with Gasteiger partial charge in [-0.3, -0.25) is 9.59 Å². The van der Waals surface area contributed by atoms with Crippen molar-refractivity contribution in [2.75, 3.05) is 13.4 Å². The molecule has 3 aromatic carbocycles. The molecule has 0 saturated carbocycles. The third-order valence-corrected chi connectivity index (χ3v) is 5.39. The molecule has 1 atom stereocenters. The van der Waals surface area contributed by atoms with Gasteiger partial charge < -0.3 is 29.4 Å². The summed E-state index contributed by atoms with van der Waals surface area (Å²) in [5, 5.41) is 11.9. The minimum Gasteiger partial charge on any atom is -0.484 e. The first-order valence-electron chi connectivity index (χ1n) is 10.7. The Morgan fingerprint density at radius 3 is 2.60 bits per heavy atom. The van der Waals surface area contributed by atoms with Crippen molar-refractivity contribution in [1.82, 2.24) is 5.32 Å². The van der Waals surface area contributed by atoms with E-state index in [2.05, 4.69) is 5.32 Å². The molecular formula is C26H19NO8. The molecule has 2 aliphatic heterocycles. The lowest BCUT2D eigenvalue weighted by Crippen LogP contribution is -2.36. The van der Waals surface area contributed by atoms with Crippen molar-refractivity contribution >= 4 is 23.7 Å². The van der Waals surface area contributed by atoms with E-state index in [1.165, 1.54) is 6.07 Å².